The summed E-state index contributed by atoms with van der Waals surface area (Å²) in [5, 5.41) is 0.492. The Kier molecular flexibility index (Phi) is 8.37. The minimum atomic E-state index is -0.373. The van der Waals surface area contributed by atoms with Crippen molar-refractivity contribution in [3.05, 3.63) is 70.5 Å². The van der Waals surface area contributed by atoms with Gasteiger partial charge in [-0.2, -0.15) is 0 Å². The normalized spacial score (nSPS) is 12.3. The van der Waals surface area contributed by atoms with E-state index in [0.717, 1.165) is 19.3 Å². The van der Waals surface area contributed by atoms with Gasteiger partial charge in [0.2, 0.25) is 5.91 Å². The lowest BCUT2D eigenvalue weighted by atomic mass is 10.1. The van der Waals surface area contributed by atoms with Gasteiger partial charge in [-0.3, -0.25) is 14.2 Å². The van der Waals surface area contributed by atoms with Crippen LogP contribution in [0.15, 0.2) is 53.3 Å². The molecule has 176 valence electrons. The van der Waals surface area contributed by atoms with E-state index in [9.17, 15) is 14.0 Å². The maximum Gasteiger partial charge on any atom is 0.266 e. The van der Waals surface area contributed by atoms with Crippen LogP contribution < -0.4 is 5.56 Å². The predicted octanol–water partition coefficient (Wildman–Crippen LogP) is 6.04. The molecule has 5 nitrogen and oxygen atoms in total. The monoisotopic (exact) mass is 451 g/mol. The molecule has 0 aliphatic rings. The van der Waals surface area contributed by atoms with Crippen molar-refractivity contribution in [3.8, 4) is 5.69 Å². The van der Waals surface area contributed by atoms with Gasteiger partial charge < -0.3 is 4.90 Å². The third-order valence-corrected chi connectivity index (χ3v) is 5.85. The van der Waals surface area contributed by atoms with E-state index in [2.05, 4.69) is 6.92 Å². The van der Waals surface area contributed by atoms with Gasteiger partial charge in [-0.1, -0.05) is 52.7 Å². The minimum Gasteiger partial charge on any atom is -0.332 e. The topological polar surface area (TPSA) is 55.2 Å². The van der Waals surface area contributed by atoms with E-state index >= 15 is 0 Å². The fraction of sp³-hybridized carbons (Fsp3) is 0.444. The zero-order chi connectivity index (χ0) is 24.0. The van der Waals surface area contributed by atoms with Crippen LogP contribution in [0.5, 0.6) is 0 Å². The number of rotatable bonds is 10. The number of para-hydroxylation sites is 1. The van der Waals surface area contributed by atoms with Crippen molar-refractivity contribution < 1.29 is 9.18 Å². The molecule has 1 unspecified atom stereocenters. The Balaban J connectivity index is 2.21. The molecule has 1 heterocycles. The first-order valence-electron chi connectivity index (χ1n) is 11.9. The summed E-state index contributed by atoms with van der Waals surface area (Å²) in [6.45, 7) is 8.83. The summed E-state index contributed by atoms with van der Waals surface area (Å²) in [5.41, 5.74) is 0.919. The van der Waals surface area contributed by atoms with Crippen molar-refractivity contribution in [2.75, 3.05) is 6.54 Å². The molecule has 0 radical (unpaired) electrons. The number of unbranched alkanes of at least 4 members (excludes halogenated alkanes) is 2. The molecular weight excluding hydrogens is 417 g/mol. The van der Waals surface area contributed by atoms with Crippen LogP contribution in [0, 0.1) is 11.7 Å². The average Bonchev–Trinajstić information content (AvgIpc) is 2.79. The summed E-state index contributed by atoms with van der Waals surface area (Å²) in [7, 11) is 0. The van der Waals surface area contributed by atoms with Gasteiger partial charge in [0.25, 0.3) is 5.56 Å². The van der Waals surface area contributed by atoms with E-state index in [1.807, 2.05) is 37.8 Å². The highest BCUT2D eigenvalue weighted by atomic mass is 19.1. The van der Waals surface area contributed by atoms with Crippen molar-refractivity contribution >= 4 is 16.8 Å². The lowest BCUT2D eigenvalue weighted by molar-refractivity contribution is -0.135. The van der Waals surface area contributed by atoms with Gasteiger partial charge in [-0.25, -0.2) is 9.37 Å². The number of amides is 1. The molecule has 3 aromatic rings. The quantitative estimate of drug-likeness (QED) is 0.353. The summed E-state index contributed by atoms with van der Waals surface area (Å²) < 4.78 is 15.2. The van der Waals surface area contributed by atoms with E-state index in [0.29, 0.717) is 41.8 Å². The second kappa shape index (κ2) is 11.2. The molecule has 0 aliphatic heterocycles. The standard InChI is InChI=1S/C27H34FN3O2/c1-5-7-10-17-30(25(32)18-19(3)4)24(6-2)26-29-23-12-9-8-11-22(23)27(33)31(26)21-15-13-20(28)14-16-21/h8-9,11-16,19,24H,5-7,10,17-18H2,1-4H3. The van der Waals surface area contributed by atoms with Crippen LogP contribution in [0.3, 0.4) is 0 Å². The van der Waals surface area contributed by atoms with Gasteiger partial charge in [0, 0.05) is 13.0 Å². The van der Waals surface area contributed by atoms with Crippen molar-refractivity contribution in [1.82, 2.24) is 14.5 Å². The van der Waals surface area contributed by atoms with Crippen LogP contribution in [-0.4, -0.2) is 26.9 Å². The average molecular weight is 452 g/mol. The summed E-state index contributed by atoms with van der Waals surface area (Å²) in [4.78, 5) is 33.7. The van der Waals surface area contributed by atoms with Crippen LogP contribution in [0.2, 0.25) is 0 Å². The lowest BCUT2D eigenvalue weighted by Crippen LogP contribution is -2.39. The van der Waals surface area contributed by atoms with Gasteiger partial charge in [0.1, 0.15) is 11.6 Å². The van der Waals surface area contributed by atoms with Gasteiger partial charge >= 0.3 is 0 Å². The summed E-state index contributed by atoms with van der Waals surface area (Å²) in [6, 6.07) is 12.7. The maximum absolute atomic E-state index is 13.7. The van der Waals surface area contributed by atoms with Crippen LogP contribution in [0.25, 0.3) is 16.6 Å². The highest BCUT2D eigenvalue weighted by Crippen LogP contribution is 2.28. The molecule has 6 heteroatoms. The largest absolute Gasteiger partial charge is 0.332 e. The van der Waals surface area contributed by atoms with Gasteiger partial charge in [-0.05, 0) is 55.2 Å². The number of hydrogen-bond donors (Lipinski definition) is 0. The van der Waals surface area contributed by atoms with Crippen molar-refractivity contribution in [2.24, 2.45) is 5.92 Å². The Morgan fingerprint density at radius 3 is 2.39 bits per heavy atom. The Hall–Kier alpha value is -3.02. The SMILES string of the molecule is CCCCCN(C(=O)CC(C)C)C(CC)c1nc2ccccc2c(=O)n1-c1ccc(F)cc1. The molecule has 0 aliphatic carbocycles. The van der Waals surface area contributed by atoms with E-state index in [1.165, 1.54) is 12.1 Å². The number of hydrogen-bond acceptors (Lipinski definition) is 3. The van der Waals surface area contributed by atoms with Crippen LogP contribution in [0.1, 0.15) is 71.7 Å². The van der Waals surface area contributed by atoms with E-state index in [4.69, 9.17) is 4.98 Å². The minimum absolute atomic E-state index is 0.0704. The molecule has 0 saturated heterocycles. The lowest BCUT2D eigenvalue weighted by Gasteiger charge is -2.33. The van der Waals surface area contributed by atoms with Gasteiger partial charge in [0.15, 0.2) is 0 Å². The molecule has 0 fully saturated rings. The molecule has 0 saturated carbocycles. The zero-order valence-electron chi connectivity index (χ0n) is 20.1. The maximum atomic E-state index is 13.7. The summed E-state index contributed by atoms with van der Waals surface area (Å²) in [6.07, 6.45) is 4.03. The van der Waals surface area contributed by atoms with E-state index in [1.54, 1.807) is 28.8 Å². The van der Waals surface area contributed by atoms with Crippen LogP contribution in [0.4, 0.5) is 4.39 Å². The highest BCUT2D eigenvalue weighted by Gasteiger charge is 2.29. The smallest absolute Gasteiger partial charge is 0.266 e. The molecule has 1 atom stereocenters. The molecule has 0 spiro atoms. The predicted molar refractivity (Wildman–Crippen MR) is 131 cm³/mol. The first-order chi connectivity index (χ1) is 15.9. The molecule has 33 heavy (non-hydrogen) atoms. The third kappa shape index (κ3) is 5.67. The molecular formula is C27H34FN3O2. The number of nitrogens with zero attached hydrogens (tertiary/aromatic N) is 3. The van der Waals surface area contributed by atoms with Crippen LogP contribution >= 0.6 is 0 Å². The number of carbonyl (C=O) groups is 1. The number of benzene rings is 2. The van der Waals surface area contributed by atoms with Gasteiger partial charge in [0.05, 0.1) is 22.6 Å². The summed E-state index contributed by atoms with van der Waals surface area (Å²) in [5.74, 6) is 0.442. The van der Waals surface area contributed by atoms with E-state index in [-0.39, 0.29) is 29.2 Å². The second-order valence-electron chi connectivity index (χ2n) is 8.92. The number of fused-ring (bicyclic) bond motifs is 1. The molecule has 1 amide bonds. The van der Waals surface area contributed by atoms with Gasteiger partial charge in [-0.15, -0.1) is 0 Å². The molecule has 2 aromatic carbocycles. The first-order valence-corrected chi connectivity index (χ1v) is 11.9. The molecule has 0 bridgehead atoms. The Bertz CT molecular complexity index is 1140. The number of aromatic nitrogens is 2. The highest BCUT2D eigenvalue weighted by molar-refractivity contribution is 5.79. The number of carbonyl (C=O) groups excluding carboxylic acids is 1. The molecule has 1 aromatic heterocycles. The third-order valence-electron chi connectivity index (χ3n) is 5.85. The first kappa shape index (κ1) is 24.6. The fourth-order valence-corrected chi connectivity index (χ4v) is 4.21. The van der Waals surface area contributed by atoms with E-state index < -0.39 is 0 Å². The van der Waals surface area contributed by atoms with Crippen molar-refractivity contribution in [3.63, 3.8) is 0 Å². The Morgan fingerprint density at radius 1 is 1.06 bits per heavy atom. The van der Waals surface area contributed by atoms with Crippen LogP contribution in [-0.2, 0) is 4.79 Å². The second-order valence-corrected chi connectivity index (χ2v) is 8.92. The van der Waals surface area contributed by atoms with Crippen molar-refractivity contribution in [1.29, 1.82) is 0 Å². The Labute approximate surface area is 195 Å². The molecule has 0 N–H and O–H groups in total. The Morgan fingerprint density at radius 2 is 1.76 bits per heavy atom. The fourth-order valence-electron chi connectivity index (χ4n) is 4.21. The zero-order valence-corrected chi connectivity index (χ0v) is 20.1. The summed E-state index contributed by atoms with van der Waals surface area (Å²) >= 11 is 0. The molecule has 3 rings (SSSR count). The van der Waals surface area contributed by atoms with Crippen molar-refractivity contribution in [2.45, 2.75) is 65.8 Å². The number of halogens is 1.